The predicted octanol–water partition coefficient (Wildman–Crippen LogP) is -3.70. The van der Waals surface area contributed by atoms with Crippen LogP contribution in [0.25, 0.3) is 0 Å². The van der Waals surface area contributed by atoms with E-state index >= 15 is 0 Å². The number of aliphatic hydroxyl groups excluding tert-OH is 5. The average molecular weight is 272 g/mol. The van der Waals surface area contributed by atoms with Gasteiger partial charge in [0, 0.05) is 0 Å². The van der Waals surface area contributed by atoms with Crippen molar-refractivity contribution >= 4 is 23.4 Å². The highest BCUT2D eigenvalue weighted by Crippen LogP contribution is 2.05. The van der Waals surface area contributed by atoms with Crippen molar-refractivity contribution in [3.63, 3.8) is 0 Å². The molecule has 4 atom stereocenters. The second-order valence-electron chi connectivity index (χ2n) is 3.22. The minimum absolute atomic E-state index is 0.517. The number of hydrogen-bond donors (Lipinski definition) is 6. The first-order valence-electron chi connectivity index (χ1n) is 4.58. The molecule has 0 aliphatic heterocycles. The van der Waals surface area contributed by atoms with Gasteiger partial charge in [-0.05, 0) is 0 Å². The number of imide groups is 1. The highest BCUT2D eigenvalue weighted by Gasteiger charge is 2.34. The molecule has 0 aromatic heterocycles. The zero-order valence-electron chi connectivity index (χ0n) is 8.65. The summed E-state index contributed by atoms with van der Waals surface area (Å²) < 4.78 is 0. The Morgan fingerprint density at radius 1 is 1.12 bits per heavy atom. The number of alkyl halides is 1. The summed E-state index contributed by atoms with van der Waals surface area (Å²) in [7, 11) is 0. The number of rotatable bonds is 6. The summed E-state index contributed by atoms with van der Waals surface area (Å²) in [5, 5.41) is 46.8. The lowest BCUT2D eigenvalue weighted by atomic mass is 10.0. The molecule has 0 saturated carbocycles. The van der Waals surface area contributed by atoms with Crippen molar-refractivity contribution < 1.29 is 35.1 Å². The van der Waals surface area contributed by atoms with E-state index in [1.807, 2.05) is 0 Å². The van der Waals surface area contributed by atoms with Crippen molar-refractivity contribution in [1.82, 2.24) is 5.32 Å². The third kappa shape index (κ3) is 4.94. The van der Waals surface area contributed by atoms with Crippen molar-refractivity contribution in [2.45, 2.75) is 24.4 Å². The fourth-order valence-electron chi connectivity index (χ4n) is 0.922. The summed E-state index contributed by atoms with van der Waals surface area (Å²) in [6, 6.07) is 0. The van der Waals surface area contributed by atoms with Crippen LogP contribution in [0.4, 0.5) is 0 Å². The number of hydrogen-bond acceptors (Lipinski definition) is 7. The minimum atomic E-state index is -2.14. The van der Waals surface area contributed by atoms with E-state index in [0.717, 1.165) is 0 Å². The monoisotopic (exact) mass is 271 g/mol. The highest BCUT2D eigenvalue weighted by molar-refractivity contribution is 6.28. The van der Waals surface area contributed by atoms with Crippen molar-refractivity contribution in [2.75, 3.05) is 12.5 Å². The van der Waals surface area contributed by atoms with Gasteiger partial charge in [-0.3, -0.25) is 14.9 Å². The molecule has 0 aliphatic carbocycles. The maximum Gasteiger partial charge on any atom is 0.258 e. The molecular weight excluding hydrogens is 258 g/mol. The van der Waals surface area contributed by atoms with Crippen LogP contribution >= 0.6 is 11.6 Å². The number of carbonyl (C=O) groups excluding carboxylic acids is 2. The van der Waals surface area contributed by atoms with Crippen LogP contribution in [-0.2, 0) is 9.59 Å². The number of amides is 2. The average Bonchev–Trinajstić information content (AvgIpc) is 2.34. The summed E-state index contributed by atoms with van der Waals surface area (Å²) in [5.41, 5.74) is 0. The molecule has 8 nitrogen and oxygen atoms in total. The second kappa shape index (κ2) is 7.54. The van der Waals surface area contributed by atoms with E-state index in [1.54, 1.807) is 5.32 Å². The fraction of sp³-hybridized carbons (Fsp3) is 0.750. The molecular formula is C8H14ClNO7. The first kappa shape index (κ1) is 16.2. The Labute approximate surface area is 101 Å². The molecule has 0 rings (SSSR count). The third-order valence-electron chi connectivity index (χ3n) is 1.91. The molecule has 17 heavy (non-hydrogen) atoms. The molecule has 2 amide bonds. The van der Waals surface area contributed by atoms with Gasteiger partial charge in [-0.15, -0.1) is 11.6 Å². The summed E-state index contributed by atoms with van der Waals surface area (Å²) in [6.07, 6.45) is -7.86. The largest absolute Gasteiger partial charge is 0.394 e. The first-order valence-corrected chi connectivity index (χ1v) is 5.11. The molecule has 0 aliphatic rings. The van der Waals surface area contributed by atoms with E-state index < -0.39 is 48.7 Å². The number of nitrogens with one attached hydrogen (secondary N) is 1. The van der Waals surface area contributed by atoms with Gasteiger partial charge < -0.3 is 25.5 Å². The Bertz CT molecular complexity index is 275. The Morgan fingerprint density at radius 3 is 2.06 bits per heavy atom. The van der Waals surface area contributed by atoms with Gasteiger partial charge in [-0.25, -0.2) is 0 Å². The van der Waals surface area contributed by atoms with Crippen LogP contribution in [0.5, 0.6) is 0 Å². The molecule has 0 aromatic rings. The van der Waals surface area contributed by atoms with E-state index in [9.17, 15) is 24.9 Å². The van der Waals surface area contributed by atoms with Crippen LogP contribution in [-0.4, -0.2) is 74.2 Å². The molecule has 0 fully saturated rings. The Kier molecular flexibility index (Phi) is 7.19. The van der Waals surface area contributed by atoms with Gasteiger partial charge in [-0.1, -0.05) is 0 Å². The molecule has 0 saturated heterocycles. The topological polar surface area (TPSA) is 147 Å². The van der Waals surface area contributed by atoms with E-state index in [4.69, 9.17) is 21.8 Å². The van der Waals surface area contributed by atoms with E-state index in [-0.39, 0.29) is 0 Å². The Hall–Kier alpha value is -0.770. The molecule has 0 spiro atoms. The normalized spacial score (nSPS) is 18.0. The van der Waals surface area contributed by atoms with Gasteiger partial charge in [-0.2, -0.15) is 0 Å². The minimum Gasteiger partial charge on any atom is -0.394 e. The zero-order valence-corrected chi connectivity index (χ0v) is 9.41. The number of carbonyl (C=O) groups is 2. The molecule has 100 valence electrons. The molecule has 0 aromatic carbocycles. The lowest BCUT2D eigenvalue weighted by molar-refractivity contribution is -0.150. The molecule has 0 unspecified atom stereocenters. The van der Waals surface area contributed by atoms with Crippen LogP contribution in [0.15, 0.2) is 0 Å². The van der Waals surface area contributed by atoms with Crippen LogP contribution < -0.4 is 5.32 Å². The van der Waals surface area contributed by atoms with Gasteiger partial charge >= 0.3 is 0 Å². The summed E-state index contributed by atoms with van der Waals surface area (Å²) in [6.45, 7) is -0.868. The third-order valence-corrected chi connectivity index (χ3v) is 2.15. The number of aliphatic hydroxyl groups is 5. The standard InChI is InChI=1S/C8H14ClNO7/c9-1-4(13)10-8(17)7(16)6(15)5(14)3(12)2-11/h3,5-7,11-12,14-16H,1-2H2,(H,10,13,17)/t3-,5-,6+,7-/m1/s1. The summed E-state index contributed by atoms with van der Waals surface area (Å²) in [4.78, 5) is 21.8. The smallest absolute Gasteiger partial charge is 0.258 e. The Morgan fingerprint density at radius 2 is 1.65 bits per heavy atom. The Balaban J connectivity index is 4.43. The molecule has 0 bridgehead atoms. The van der Waals surface area contributed by atoms with Gasteiger partial charge in [0.1, 0.15) is 24.2 Å². The quantitative estimate of drug-likeness (QED) is 0.272. The lowest BCUT2D eigenvalue weighted by Crippen LogP contribution is -2.52. The fourth-order valence-corrected chi connectivity index (χ4v) is 0.989. The maximum absolute atomic E-state index is 11.1. The van der Waals surface area contributed by atoms with Crippen LogP contribution in [0, 0.1) is 0 Å². The summed E-state index contributed by atoms with van der Waals surface area (Å²) in [5.74, 6) is -2.68. The van der Waals surface area contributed by atoms with E-state index in [1.165, 1.54) is 0 Å². The van der Waals surface area contributed by atoms with Crippen LogP contribution in [0.3, 0.4) is 0 Å². The molecule has 9 heteroatoms. The molecule has 6 N–H and O–H groups in total. The van der Waals surface area contributed by atoms with Crippen molar-refractivity contribution in [3.8, 4) is 0 Å². The van der Waals surface area contributed by atoms with Gasteiger partial charge in [0.2, 0.25) is 5.91 Å². The highest BCUT2D eigenvalue weighted by atomic mass is 35.5. The first-order chi connectivity index (χ1) is 7.84. The summed E-state index contributed by atoms with van der Waals surface area (Å²) >= 11 is 5.08. The molecule has 0 radical (unpaired) electrons. The van der Waals surface area contributed by atoms with Crippen molar-refractivity contribution in [1.29, 1.82) is 0 Å². The SMILES string of the molecule is O=C(CCl)NC(=O)[C@H](O)[C@@H](O)[C@H](O)[C@H](O)CO. The van der Waals surface area contributed by atoms with Gasteiger partial charge in [0.25, 0.3) is 5.91 Å². The zero-order chi connectivity index (χ0) is 13.6. The van der Waals surface area contributed by atoms with Crippen molar-refractivity contribution in [2.24, 2.45) is 0 Å². The maximum atomic E-state index is 11.1. The lowest BCUT2D eigenvalue weighted by Gasteiger charge is -2.24. The van der Waals surface area contributed by atoms with Gasteiger partial charge in [0.05, 0.1) is 6.61 Å². The van der Waals surface area contributed by atoms with Crippen molar-refractivity contribution in [3.05, 3.63) is 0 Å². The van der Waals surface area contributed by atoms with Crippen LogP contribution in [0.1, 0.15) is 0 Å². The van der Waals surface area contributed by atoms with Crippen LogP contribution in [0.2, 0.25) is 0 Å². The number of halogens is 1. The van der Waals surface area contributed by atoms with E-state index in [2.05, 4.69) is 0 Å². The molecule has 0 heterocycles. The second-order valence-corrected chi connectivity index (χ2v) is 3.49. The van der Waals surface area contributed by atoms with E-state index in [0.29, 0.717) is 0 Å². The predicted molar refractivity (Wildman–Crippen MR) is 55.0 cm³/mol. The van der Waals surface area contributed by atoms with Gasteiger partial charge in [0.15, 0.2) is 6.10 Å².